The highest BCUT2D eigenvalue weighted by Crippen LogP contribution is 2.24. The van der Waals surface area contributed by atoms with Crippen molar-refractivity contribution in [3.63, 3.8) is 0 Å². The number of urea groups is 1. The summed E-state index contributed by atoms with van der Waals surface area (Å²) in [6.07, 6.45) is 1.48. The second kappa shape index (κ2) is 8.06. The van der Waals surface area contributed by atoms with E-state index < -0.39 is 17.8 Å². The maximum atomic E-state index is 12.9. The molecule has 8 heteroatoms. The number of anilines is 2. The van der Waals surface area contributed by atoms with Crippen LogP contribution in [0.3, 0.4) is 0 Å². The van der Waals surface area contributed by atoms with Gasteiger partial charge in [0.1, 0.15) is 5.57 Å². The monoisotopic (exact) mass is 411 g/mol. The number of carbonyl (C=O) groups is 3. The zero-order valence-corrected chi connectivity index (χ0v) is 16.2. The molecular formula is C21H18ClN3O4. The van der Waals surface area contributed by atoms with Crippen LogP contribution in [-0.4, -0.2) is 44.1 Å². The predicted octanol–water partition coefficient (Wildman–Crippen LogP) is 2.84. The van der Waals surface area contributed by atoms with E-state index >= 15 is 0 Å². The fourth-order valence-corrected chi connectivity index (χ4v) is 3.38. The lowest BCUT2D eigenvalue weighted by atomic mass is 10.1. The molecule has 0 radical (unpaired) electrons. The Bertz CT molecular complexity index is 980. The van der Waals surface area contributed by atoms with Crippen molar-refractivity contribution in [2.24, 2.45) is 0 Å². The number of ether oxygens (including phenoxy) is 1. The molecule has 4 amide bonds. The Morgan fingerprint density at radius 1 is 0.897 bits per heavy atom. The van der Waals surface area contributed by atoms with Gasteiger partial charge in [-0.15, -0.1) is 0 Å². The van der Waals surface area contributed by atoms with Crippen LogP contribution >= 0.6 is 11.6 Å². The van der Waals surface area contributed by atoms with Gasteiger partial charge in [0.25, 0.3) is 11.8 Å². The molecule has 7 nitrogen and oxygen atoms in total. The number of hydrogen-bond acceptors (Lipinski definition) is 5. The topological polar surface area (TPSA) is 79.0 Å². The molecule has 2 aromatic carbocycles. The number of benzene rings is 2. The van der Waals surface area contributed by atoms with Gasteiger partial charge in [-0.3, -0.25) is 14.9 Å². The number of barbiturate groups is 1. The van der Waals surface area contributed by atoms with Crippen molar-refractivity contribution in [2.45, 2.75) is 0 Å². The van der Waals surface area contributed by atoms with Gasteiger partial charge < -0.3 is 9.64 Å². The second-order valence-corrected chi connectivity index (χ2v) is 7.06. The number of rotatable bonds is 3. The first-order valence-corrected chi connectivity index (χ1v) is 9.50. The number of nitrogens with one attached hydrogen (secondary N) is 1. The van der Waals surface area contributed by atoms with E-state index in [1.807, 2.05) is 24.3 Å². The Hall–Kier alpha value is -3.16. The molecule has 2 fully saturated rings. The van der Waals surface area contributed by atoms with E-state index in [9.17, 15) is 14.4 Å². The van der Waals surface area contributed by atoms with Crippen molar-refractivity contribution in [2.75, 3.05) is 36.1 Å². The molecule has 29 heavy (non-hydrogen) atoms. The summed E-state index contributed by atoms with van der Waals surface area (Å²) in [4.78, 5) is 40.5. The molecule has 0 aromatic heterocycles. The number of carbonyl (C=O) groups excluding carboxylic acids is 3. The molecule has 2 heterocycles. The van der Waals surface area contributed by atoms with Crippen LogP contribution < -0.4 is 15.1 Å². The number of amides is 4. The molecule has 2 saturated heterocycles. The van der Waals surface area contributed by atoms with Crippen LogP contribution in [0.2, 0.25) is 5.02 Å². The number of nitrogens with zero attached hydrogens (tertiary/aromatic N) is 2. The maximum Gasteiger partial charge on any atom is 0.335 e. The molecule has 2 aromatic rings. The molecule has 2 aliphatic rings. The van der Waals surface area contributed by atoms with Crippen LogP contribution in [0.5, 0.6) is 0 Å². The minimum atomic E-state index is -0.790. The average molecular weight is 412 g/mol. The predicted molar refractivity (Wildman–Crippen MR) is 110 cm³/mol. The second-order valence-electron chi connectivity index (χ2n) is 6.63. The first kappa shape index (κ1) is 19.2. The molecular weight excluding hydrogens is 394 g/mol. The summed E-state index contributed by atoms with van der Waals surface area (Å²) in [5.41, 5.74) is 1.95. The molecule has 0 bridgehead atoms. The van der Waals surface area contributed by atoms with E-state index in [4.69, 9.17) is 16.3 Å². The summed E-state index contributed by atoms with van der Waals surface area (Å²) in [5.74, 6) is -1.40. The van der Waals surface area contributed by atoms with Crippen molar-refractivity contribution in [1.29, 1.82) is 0 Å². The molecule has 148 valence electrons. The zero-order chi connectivity index (χ0) is 20.4. The molecule has 0 unspecified atom stereocenters. The van der Waals surface area contributed by atoms with Gasteiger partial charge >= 0.3 is 6.03 Å². The van der Waals surface area contributed by atoms with E-state index in [1.54, 1.807) is 24.3 Å². The summed E-state index contributed by atoms with van der Waals surface area (Å²) < 4.78 is 5.36. The standard InChI is InChI=1S/C21H18ClN3O4/c22-15-3-7-17(8-4-15)25-20(27)18(19(26)23-21(25)28)13-14-1-5-16(6-2-14)24-9-11-29-12-10-24/h1-8,13H,9-12H2,(H,23,26,28). The summed E-state index contributed by atoms with van der Waals surface area (Å²) in [6.45, 7) is 3.02. The Morgan fingerprint density at radius 2 is 1.52 bits per heavy atom. The molecule has 0 spiro atoms. The van der Waals surface area contributed by atoms with E-state index in [2.05, 4.69) is 10.2 Å². The van der Waals surface area contributed by atoms with E-state index in [-0.39, 0.29) is 5.57 Å². The van der Waals surface area contributed by atoms with Crippen LogP contribution in [-0.2, 0) is 14.3 Å². The highest BCUT2D eigenvalue weighted by atomic mass is 35.5. The van der Waals surface area contributed by atoms with E-state index in [0.717, 1.165) is 23.7 Å². The van der Waals surface area contributed by atoms with Gasteiger partial charge in [-0.05, 0) is 48.0 Å². The van der Waals surface area contributed by atoms with Gasteiger partial charge in [0, 0.05) is 23.8 Å². The fourth-order valence-electron chi connectivity index (χ4n) is 3.25. The van der Waals surface area contributed by atoms with Gasteiger partial charge in [0.15, 0.2) is 0 Å². The Morgan fingerprint density at radius 3 is 2.17 bits per heavy atom. The van der Waals surface area contributed by atoms with Crippen LogP contribution in [0.25, 0.3) is 6.08 Å². The normalized spacial score (nSPS) is 18.9. The van der Waals surface area contributed by atoms with E-state index in [0.29, 0.717) is 29.5 Å². The smallest absolute Gasteiger partial charge is 0.335 e. The quantitative estimate of drug-likeness (QED) is 0.620. The minimum Gasteiger partial charge on any atom is -0.378 e. The fraction of sp³-hybridized carbons (Fsp3) is 0.190. The summed E-state index contributed by atoms with van der Waals surface area (Å²) >= 11 is 5.87. The summed E-state index contributed by atoms with van der Waals surface area (Å²) in [5, 5.41) is 2.69. The minimum absolute atomic E-state index is 0.112. The lowest BCUT2D eigenvalue weighted by molar-refractivity contribution is -0.122. The first-order valence-electron chi connectivity index (χ1n) is 9.13. The lowest BCUT2D eigenvalue weighted by Crippen LogP contribution is -2.54. The van der Waals surface area contributed by atoms with Gasteiger partial charge in [-0.2, -0.15) is 0 Å². The Balaban J connectivity index is 1.59. The highest BCUT2D eigenvalue weighted by Gasteiger charge is 2.36. The van der Waals surface area contributed by atoms with Crippen molar-refractivity contribution in [1.82, 2.24) is 5.32 Å². The number of morpholine rings is 1. The molecule has 0 saturated carbocycles. The third-order valence-electron chi connectivity index (χ3n) is 4.77. The number of hydrogen-bond donors (Lipinski definition) is 1. The highest BCUT2D eigenvalue weighted by molar-refractivity contribution is 6.39. The van der Waals surface area contributed by atoms with Crippen LogP contribution in [0, 0.1) is 0 Å². The molecule has 2 aliphatic heterocycles. The summed E-state index contributed by atoms with van der Waals surface area (Å²) in [6, 6.07) is 13.0. The third kappa shape index (κ3) is 4.01. The molecule has 0 aliphatic carbocycles. The largest absolute Gasteiger partial charge is 0.378 e. The van der Waals surface area contributed by atoms with E-state index in [1.165, 1.54) is 6.08 Å². The summed E-state index contributed by atoms with van der Waals surface area (Å²) in [7, 11) is 0. The van der Waals surface area contributed by atoms with Gasteiger partial charge in [0.2, 0.25) is 0 Å². The van der Waals surface area contributed by atoms with Gasteiger partial charge in [0.05, 0.1) is 18.9 Å². The van der Waals surface area contributed by atoms with Crippen molar-refractivity contribution >= 4 is 46.9 Å². The zero-order valence-electron chi connectivity index (χ0n) is 15.4. The number of halogens is 1. The van der Waals surface area contributed by atoms with Crippen molar-refractivity contribution in [3.8, 4) is 0 Å². The average Bonchev–Trinajstić information content (AvgIpc) is 2.73. The maximum absolute atomic E-state index is 12.9. The van der Waals surface area contributed by atoms with Crippen LogP contribution in [0.4, 0.5) is 16.2 Å². The SMILES string of the molecule is O=C1NC(=O)N(c2ccc(Cl)cc2)C(=O)C1=Cc1ccc(N2CCOCC2)cc1. The number of imide groups is 2. The van der Waals surface area contributed by atoms with Gasteiger partial charge in [-0.1, -0.05) is 23.7 Å². The third-order valence-corrected chi connectivity index (χ3v) is 5.02. The lowest BCUT2D eigenvalue weighted by Gasteiger charge is -2.29. The van der Waals surface area contributed by atoms with Crippen LogP contribution in [0.15, 0.2) is 54.1 Å². The first-order chi connectivity index (χ1) is 14.0. The van der Waals surface area contributed by atoms with Gasteiger partial charge in [-0.25, -0.2) is 9.69 Å². The van der Waals surface area contributed by atoms with Crippen molar-refractivity contribution < 1.29 is 19.1 Å². The molecule has 4 rings (SSSR count). The molecule has 0 atom stereocenters. The van der Waals surface area contributed by atoms with Crippen LogP contribution in [0.1, 0.15) is 5.56 Å². The Labute approximate surface area is 172 Å². The Kier molecular flexibility index (Phi) is 5.33. The molecule has 1 N–H and O–H groups in total. The van der Waals surface area contributed by atoms with Crippen molar-refractivity contribution in [3.05, 3.63) is 64.7 Å².